The number of hydrogen-bond donors (Lipinski definition) is 1. The van der Waals surface area contributed by atoms with E-state index in [1.54, 1.807) is 18.3 Å². The minimum absolute atomic E-state index is 0.260. The maximum absolute atomic E-state index is 13.1. The second-order valence-electron chi connectivity index (χ2n) is 4.02. The Kier molecular flexibility index (Phi) is 4.68. The van der Waals surface area contributed by atoms with Gasteiger partial charge in [-0.25, -0.2) is 9.37 Å². The van der Waals surface area contributed by atoms with E-state index >= 15 is 0 Å². The number of methoxy groups -OCH3 is 1. The molecule has 1 aromatic carbocycles. The minimum atomic E-state index is -0.402. The number of nitrogens with zero attached hydrogens (tertiary/aromatic N) is 1. The lowest BCUT2D eigenvalue weighted by Gasteiger charge is -2.07. The molecule has 1 aromatic heterocycles. The lowest BCUT2D eigenvalue weighted by molar-refractivity contribution is 0.0950. The fourth-order valence-electron chi connectivity index (χ4n) is 1.59. The van der Waals surface area contributed by atoms with Crippen LogP contribution < -0.4 is 10.1 Å². The fourth-order valence-corrected chi connectivity index (χ4v) is 1.97. The van der Waals surface area contributed by atoms with Crippen molar-refractivity contribution in [1.82, 2.24) is 10.3 Å². The van der Waals surface area contributed by atoms with E-state index in [2.05, 4.69) is 26.2 Å². The number of pyridine rings is 1. The first-order valence-electron chi connectivity index (χ1n) is 5.82. The zero-order valence-corrected chi connectivity index (χ0v) is 12.3. The molecule has 0 unspecified atom stereocenters. The van der Waals surface area contributed by atoms with Crippen LogP contribution in [-0.2, 0) is 6.54 Å². The van der Waals surface area contributed by atoms with E-state index in [0.717, 1.165) is 5.56 Å². The van der Waals surface area contributed by atoms with Crippen molar-refractivity contribution in [3.63, 3.8) is 0 Å². The van der Waals surface area contributed by atoms with Gasteiger partial charge in [-0.05, 0) is 45.8 Å². The van der Waals surface area contributed by atoms with Crippen molar-refractivity contribution in [2.45, 2.75) is 6.54 Å². The summed E-state index contributed by atoms with van der Waals surface area (Å²) in [7, 11) is 1.53. The molecule has 6 heteroatoms. The molecule has 0 spiro atoms. The standard InChI is InChI=1S/C14H12BrFN2O2/c1-20-13-6-9(4-5-17-13)8-18-14(19)10-2-3-12(16)11(15)7-10/h2-7H,8H2,1H3,(H,18,19). The third-order valence-electron chi connectivity index (χ3n) is 2.64. The normalized spacial score (nSPS) is 10.2. The van der Waals surface area contributed by atoms with Crippen molar-refractivity contribution < 1.29 is 13.9 Å². The van der Waals surface area contributed by atoms with Crippen LogP contribution in [0.1, 0.15) is 15.9 Å². The SMILES string of the molecule is COc1cc(CNC(=O)c2ccc(F)c(Br)c2)ccn1. The van der Waals surface area contributed by atoms with Crippen molar-refractivity contribution in [3.05, 3.63) is 57.9 Å². The highest BCUT2D eigenvalue weighted by atomic mass is 79.9. The third-order valence-corrected chi connectivity index (χ3v) is 3.25. The summed E-state index contributed by atoms with van der Waals surface area (Å²) >= 11 is 3.05. The number of rotatable bonds is 4. The molecule has 0 fully saturated rings. The van der Waals surface area contributed by atoms with Crippen molar-refractivity contribution in [1.29, 1.82) is 0 Å². The molecule has 104 valence electrons. The molecule has 2 rings (SSSR count). The summed E-state index contributed by atoms with van der Waals surface area (Å²) in [6.07, 6.45) is 1.61. The van der Waals surface area contributed by atoms with E-state index < -0.39 is 5.82 Å². The number of aromatic nitrogens is 1. The summed E-state index contributed by atoms with van der Waals surface area (Å²) in [5.41, 5.74) is 1.26. The second kappa shape index (κ2) is 6.47. The number of ether oxygens (including phenoxy) is 1. The number of carbonyl (C=O) groups excluding carboxylic acids is 1. The van der Waals surface area contributed by atoms with Crippen molar-refractivity contribution >= 4 is 21.8 Å². The first-order valence-corrected chi connectivity index (χ1v) is 6.61. The Morgan fingerprint density at radius 3 is 2.90 bits per heavy atom. The zero-order chi connectivity index (χ0) is 14.5. The van der Waals surface area contributed by atoms with Gasteiger partial charge in [0.2, 0.25) is 5.88 Å². The molecule has 1 amide bonds. The van der Waals surface area contributed by atoms with E-state index in [1.165, 1.54) is 25.3 Å². The average Bonchev–Trinajstić information content (AvgIpc) is 2.47. The lowest BCUT2D eigenvalue weighted by atomic mass is 10.2. The Bertz CT molecular complexity index is 634. The Balaban J connectivity index is 2.02. The van der Waals surface area contributed by atoms with Gasteiger partial charge in [-0.1, -0.05) is 0 Å². The number of halogens is 2. The van der Waals surface area contributed by atoms with Gasteiger partial charge in [0, 0.05) is 24.4 Å². The number of nitrogens with one attached hydrogen (secondary N) is 1. The second-order valence-corrected chi connectivity index (χ2v) is 4.87. The molecule has 0 atom stereocenters. The van der Waals surface area contributed by atoms with Crippen molar-refractivity contribution in [2.75, 3.05) is 7.11 Å². The molecule has 1 N–H and O–H groups in total. The van der Waals surface area contributed by atoms with Crippen LogP contribution in [0.25, 0.3) is 0 Å². The molecule has 1 heterocycles. The molecule has 2 aromatic rings. The average molecular weight is 339 g/mol. The number of amides is 1. The molecule has 0 aliphatic heterocycles. The van der Waals surface area contributed by atoms with Gasteiger partial charge in [-0.3, -0.25) is 4.79 Å². The summed E-state index contributed by atoms with van der Waals surface area (Å²) < 4.78 is 18.4. The zero-order valence-electron chi connectivity index (χ0n) is 10.7. The largest absolute Gasteiger partial charge is 0.481 e. The van der Waals surface area contributed by atoms with Gasteiger partial charge in [0.15, 0.2) is 0 Å². The highest BCUT2D eigenvalue weighted by Crippen LogP contribution is 2.17. The van der Waals surface area contributed by atoms with E-state index in [4.69, 9.17) is 4.74 Å². The Labute approximate surface area is 124 Å². The Morgan fingerprint density at radius 2 is 2.20 bits per heavy atom. The smallest absolute Gasteiger partial charge is 0.251 e. The van der Waals surface area contributed by atoms with Crippen molar-refractivity contribution in [2.24, 2.45) is 0 Å². The van der Waals surface area contributed by atoms with E-state index in [9.17, 15) is 9.18 Å². The monoisotopic (exact) mass is 338 g/mol. The van der Waals surface area contributed by atoms with Crippen LogP contribution >= 0.6 is 15.9 Å². The van der Waals surface area contributed by atoms with Crippen LogP contribution in [0, 0.1) is 5.82 Å². The molecule has 0 radical (unpaired) electrons. The van der Waals surface area contributed by atoms with Crippen LogP contribution in [-0.4, -0.2) is 18.0 Å². The van der Waals surface area contributed by atoms with Crippen molar-refractivity contribution in [3.8, 4) is 5.88 Å². The number of hydrogen-bond acceptors (Lipinski definition) is 3. The predicted octanol–water partition coefficient (Wildman–Crippen LogP) is 2.92. The van der Waals surface area contributed by atoms with Gasteiger partial charge in [0.05, 0.1) is 11.6 Å². The predicted molar refractivity (Wildman–Crippen MR) is 76.1 cm³/mol. The summed E-state index contributed by atoms with van der Waals surface area (Å²) in [5, 5.41) is 2.75. The first kappa shape index (κ1) is 14.5. The topological polar surface area (TPSA) is 51.2 Å². The Morgan fingerprint density at radius 1 is 1.40 bits per heavy atom. The summed E-state index contributed by atoms with van der Waals surface area (Å²) in [5.74, 6) is -0.192. The van der Waals surface area contributed by atoms with E-state index in [1.807, 2.05) is 0 Å². The van der Waals surface area contributed by atoms with Gasteiger partial charge in [0.1, 0.15) is 5.82 Å². The quantitative estimate of drug-likeness (QED) is 0.932. The number of carbonyl (C=O) groups is 1. The molecule has 4 nitrogen and oxygen atoms in total. The van der Waals surface area contributed by atoms with Gasteiger partial charge < -0.3 is 10.1 Å². The maximum atomic E-state index is 13.1. The molecule has 0 aliphatic rings. The van der Waals surface area contributed by atoms with Crippen LogP contribution in [0.3, 0.4) is 0 Å². The summed E-state index contributed by atoms with van der Waals surface area (Å²) in [4.78, 5) is 15.9. The summed E-state index contributed by atoms with van der Waals surface area (Å²) in [6, 6.07) is 7.64. The number of benzene rings is 1. The first-order chi connectivity index (χ1) is 9.60. The fraction of sp³-hybridized carbons (Fsp3) is 0.143. The molecule has 0 saturated carbocycles. The molecular weight excluding hydrogens is 327 g/mol. The van der Waals surface area contributed by atoms with Crippen LogP contribution in [0.2, 0.25) is 0 Å². The van der Waals surface area contributed by atoms with Crippen LogP contribution in [0.4, 0.5) is 4.39 Å². The molecule has 0 bridgehead atoms. The highest BCUT2D eigenvalue weighted by molar-refractivity contribution is 9.10. The van der Waals surface area contributed by atoms with E-state index in [-0.39, 0.29) is 10.4 Å². The molecule has 0 saturated heterocycles. The highest BCUT2D eigenvalue weighted by Gasteiger charge is 2.08. The summed E-state index contributed by atoms with van der Waals surface area (Å²) in [6.45, 7) is 0.340. The minimum Gasteiger partial charge on any atom is -0.481 e. The Hall–Kier alpha value is -1.95. The molecular formula is C14H12BrFN2O2. The lowest BCUT2D eigenvalue weighted by Crippen LogP contribution is -2.22. The third kappa shape index (κ3) is 3.54. The molecule has 0 aliphatic carbocycles. The van der Waals surface area contributed by atoms with Gasteiger partial charge >= 0.3 is 0 Å². The van der Waals surface area contributed by atoms with Crippen LogP contribution in [0.15, 0.2) is 41.0 Å². The molecule has 20 heavy (non-hydrogen) atoms. The maximum Gasteiger partial charge on any atom is 0.251 e. The van der Waals surface area contributed by atoms with Gasteiger partial charge in [-0.2, -0.15) is 0 Å². The van der Waals surface area contributed by atoms with Gasteiger partial charge in [-0.15, -0.1) is 0 Å². The van der Waals surface area contributed by atoms with E-state index in [0.29, 0.717) is 18.0 Å². The van der Waals surface area contributed by atoms with Gasteiger partial charge in [0.25, 0.3) is 5.91 Å². The van der Waals surface area contributed by atoms with Crippen LogP contribution in [0.5, 0.6) is 5.88 Å².